The van der Waals surface area contributed by atoms with Gasteiger partial charge in [0.15, 0.2) is 0 Å². The van der Waals surface area contributed by atoms with Gasteiger partial charge in [-0.25, -0.2) is 4.79 Å². The maximum atomic E-state index is 13.0. The third-order valence-electron chi connectivity index (χ3n) is 5.21. The molecule has 2 aliphatic rings. The van der Waals surface area contributed by atoms with Crippen molar-refractivity contribution in [3.8, 4) is 0 Å². The minimum Gasteiger partial charge on any atom is -0.464 e. The van der Waals surface area contributed by atoms with Gasteiger partial charge in [0.1, 0.15) is 12.1 Å². The Balaban J connectivity index is 1.39. The predicted octanol–water partition coefficient (Wildman–Crippen LogP) is 2.17. The second-order valence-electron chi connectivity index (χ2n) is 6.84. The van der Waals surface area contributed by atoms with Crippen molar-refractivity contribution >= 4 is 17.9 Å². The van der Waals surface area contributed by atoms with E-state index in [0.717, 1.165) is 28.0 Å². The maximum Gasteiger partial charge on any atom is 0.326 e. The summed E-state index contributed by atoms with van der Waals surface area (Å²) in [5, 5.41) is 2.80. The van der Waals surface area contributed by atoms with Gasteiger partial charge < -0.3 is 10.1 Å². The third-order valence-corrected chi connectivity index (χ3v) is 5.21. The van der Waals surface area contributed by atoms with Gasteiger partial charge >= 0.3 is 12.0 Å². The molecule has 0 radical (unpaired) electrons. The van der Waals surface area contributed by atoms with Gasteiger partial charge in [-0.05, 0) is 29.5 Å². The van der Waals surface area contributed by atoms with E-state index in [4.69, 9.17) is 4.74 Å². The molecule has 1 spiro atoms. The fourth-order valence-electron chi connectivity index (χ4n) is 3.84. The van der Waals surface area contributed by atoms with E-state index in [2.05, 4.69) is 5.32 Å². The number of hydrogen-bond donors (Lipinski definition) is 1. The summed E-state index contributed by atoms with van der Waals surface area (Å²) in [5.74, 6) is -0.963. The second kappa shape index (κ2) is 6.87. The molecule has 1 atom stereocenters. The lowest BCUT2D eigenvalue weighted by Crippen LogP contribution is -2.42. The molecule has 6 heteroatoms. The standard InChI is InChI=1S/C21H20N2O4/c24-18(27-13-11-15-6-2-1-3-7-15)14-23-19(25)21(22-20(23)26)12-10-16-8-4-5-9-17(16)21/h1-9H,10-14H2,(H,22,26). The molecule has 1 saturated heterocycles. The number of hydrogen-bond acceptors (Lipinski definition) is 4. The van der Waals surface area contributed by atoms with E-state index in [9.17, 15) is 14.4 Å². The molecule has 3 amide bonds. The Labute approximate surface area is 157 Å². The molecular weight excluding hydrogens is 344 g/mol. The zero-order valence-corrected chi connectivity index (χ0v) is 14.8. The Morgan fingerprint density at radius 3 is 2.63 bits per heavy atom. The zero-order valence-electron chi connectivity index (χ0n) is 14.8. The van der Waals surface area contributed by atoms with Gasteiger partial charge in [-0.15, -0.1) is 0 Å². The van der Waals surface area contributed by atoms with Crippen molar-refractivity contribution in [1.82, 2.24) is 10.2 Å². The van der Waals surface area contributed by atoms with Gasteiger partial charge in [0.05, 0.1) is 6.61 Å². The summed E-state index contributed by atoms with van der Waals surface area (Å²) in [6.07, 6.45) is 1.82. The van der Waals surface area contributed by atoms with Crippen molar-refractivity contribution in [3.05, 3.63) is 71.3 Å². The Morgan fingerprint density at radius 1 is 1.07 bits per heavy atom. The number of ether oxygens (including phenoxy) is 1. The molecule has 0 bridgehead atoms. The second-order valence-corrected chi connectivity index (χ2v) is 6.84. The van der Waals surface area contributed by atoms with Crippen molar-refractivity contribution < 1.29 is 19.1 Å². The minimum atomic E-state index is -1.04. The van der Waals surface area contributed by atoms with Crippen LogP contribution in [0.1, 0.15) is 23.1 Å². The summed E-state index contributed by atoms with van der Waals surface area (Å²) in [5.41, 5.74) is 1.89. The molecule has 1 aliphatic heterocycles. The number of benzene rings is 2. The third kappa shape index (κ3) is 3.07. The topological polar surface area (TPSA) is 75.7 Å². The van der Waals surface area contributed by atoms with Crippen LogP contribution in [-0.2, 0) is 32.7 Å². The first-order valence-electron chi connectivity index (χ1n) is 9.02. The van der Waals surface area contributed by atoms with Crippen molar-refractivity contribution in [2.75, 3.05) is 13.2 Å². The van der Waals surface area contributed by atoms with Crippen molar-refractivity contribution in [3.63, 3.8) is 0 Å². The van der Waals surface area contributed by atoms with Gasteiger partial charge in [0, 0.05) is 6.42 Å². The van der Waals surface area contributed by atoms with Gasteiger partial charge in [0.2, 0.25) is 0 Å². The molecule has 1 unspecified atom stereocenters. The lowest BCUT2D eigenvalue weighted by atomic mass is 9.92. The Hall–Kier alpha value is -3.15. The van der Waals surface area contributed by atoms with Gasteiger partial charge in [-0.2, -0.15) is 0 Å². The number of carbonyl (C=O) groups is 3. The van der Waals surface area contributed by atoms with Crippen LogP contribution in [0.3, 0.4) is 0 Å². The molecule has 2 aromatic carbocycles. The summed E-state index contributed by atoms with van der Waals surface area (Å²) in [7, 11) is 0. The van der Waals surface area contributed by atoms with E-state index >= 15 is 0 Å². The molecule has 138 valence electrons. The minimum absolute atomic E-state index is 0.209. The number of imide groups is 1. The lowest BCUT2D eigenvalue weighted by Gasteiger charge is -2.22. The quantitative estimate of drug-likeness (QED) is 0.652. The summed E-state index contributed by atoms with van der Waals surface area (Å²) in [6, 6.07) is 16.7. The molecule has 1 N–H and O–H groups in total. The highest BCUT2D eigenvalue weighted by Crippen LogP contribution is 2.41. The molecule has 27 heavy (non-hydrogen) atoms. The molecule has 1 heterocycles. The Morgan fingerprint density at radius 2 is 1.81 bits per heavy atom. The smallest absolute Gasteiger partial charge is 0.326 e. The molecule has 1 aliphatic carbocycles. The largest absolute Gasteiger partial charge is 0.464 e. The van der Waals surface area contributed by atoms with E-state index in [1.807, 2.05) is 54.6 Å². The zero-order chi connectivity index (χ0) is 18.9. The van der Waals surface area contributed by atoms with Crippen molar-refractivity contribution in [2.45, 2.75) is 24.8 Å². The highest BCUT2D eigenvalue weighted by molar-refractivity contribution is 6.09. The van der Waals surface area contributed by atoms with Crippen LogP contribution in [0.15, 0.2) is 54.6 Å². The Kier molecular flexibility index (Phi) is 4.39. The van der Waals surface area contributed by atoms with E-state index in [-0.39, 0.29) is 19.1 Å². The summed E-state index contributed by atoms with van der Waals surface area (Å²) >= 11 is 0. The van der Waals surface area contributed by atoms with Crippen LogP contribution >= 0.6 is 0 Å². The monoisotopic (exact) mass is 364 g/mol. The number of nitrogens with zero attached hydrogens (tertiary/aromatic N) is 1. The van der Waals surface area contributed by atoms with Gasteiger partial charge in [0.25, 0.3) is 5.91 Å². The number of esters is 1. The van der Waals surface area contributed by atoms with E-state index in [0.29, 0.717) is 12.8 Å². The fourth-order valence-corrected chi connectivity index (χ4v) is 3.84. The van der Waals surface area contributed by atoms with Crippen LogP contribution in [0.4, 0.5) is 4.79 Å². The van der Waals surface area contributed by atoms with Crippen LogP contribution in [0.25, 0.3) is 0 Å². The SMILES string of the molecule is O=C(CN1C(=O)NC2(CCc3ccccc32)C1=O)OCCc1ccccc1. The number of nitrogens with one attached hydrogen (secondary N) is 1. The van der Waals surface area contributed by atoms with Crippen molar-refractivity contribution in [2.24, 2.45) is 0 Å². The van der Waals surface area contributed by atoms with Crippen LogP contribution in [0, 0.1) is 0 Å². The molecule has 1 fully saturated rings. The van der Waals surface area contributed by atoms with Crippen LogP contribution in [0.5, 0.6) is 0 Å². The first-order valence-corrected chi connectivity index (χ1v) is 9.02. The van der Waals surface area contributed by atoms with Gasteiger partial charge in [-0.3, -0.25) is 14.5 Å². The first kappa shape index (κ1) is 17.3. The lowest BCUT2D eigenvalue weighted by molar-refractivity contribution is -0.147. The van der Waals surface area contributed by atoms with E-state index in [1.165, 1.54) is 0 Å². The first-order chi connectivity index (χ1) is 13.1. The van der Waals surface area contributed by atoms with Crippen LogP contribution in [-0.4, -0.2) is 36.0 Å². The molecule has 6 nitrogen and oxygen atoms in total. The van der Waals surface area contributed by atoms with Gasteiger partial charge in [-0.1, -0.05) is 54.6 Å². The highest BCUT2D eigenvalue weighted by Gasteiger charge is 2.55. The number of amides is 3. The van der Waals surface area contributed by atoms with E-state index < -0.39 is 17.5 Å². The highest BCUT2D eigenvalue weighted by atomic mass is 16.5. The molecule has 4 rings (SSSR count). The summed E-state index contributed by atoms with van der Waals surface area (Å²) in [6.45, 7) is -0.163. The molecule has 2 aromatic rings. The normalized spacial score (nSPS) is 20.7. The average molecular weight is 364 g/mol. The number of carbonyl (C=O) groups excluding carboxylic acids is 3. The number of rotatable bonds is 5. The summed E-state index contributed by atoms with van der Waals surface area (Å²) < 4.78 is 5.21. The molecule has 0 aromatic heterocycles. The molecule has 0 saturated carbocycles. The molecular formula is C21H20N2O4. The van der Waals surface area contributed by atoms with E-state index in [1.54, 1.807) is 0 Å². The van der Waals surface area contributed by atoms with Crippen molar-refractivity contribution in [1.29, 1.82) is 0 Å². The summed E-state index contributed by atoms with van der Waals surface area (Å²) in [4.78, 5) is 38.4. The van der Waals surface area contributed by atoms with Crippen LogP contribution in [0.2, 0.25) is 0 Å². The maximum absolute atomic E-state index is 13.0. The number of fused-ring (bicyclic) bond motifs is 2. The number of aryl methyl sites for hydroxylation is 1. The average Bonchev–Trinajstić information content (AvgIpc) is 3.16. The predicted molar refractivity (Wildman–Crippen MR) is 97.8 cm³/mol. The fraction of sp³-hybridized carbons (Fsp3) is 0.286. The number of urea groups is 1. The van der Waals surface area contributed by atoms with Crippen LogP contribution < -0.4 is 5.32 Å². The Bertz CT molecular complexity index is 896.